The van der Waals surface area contributed by atoms with Crippen molar-refractivity contribution < 1.29 is 9.47 Å². The third-order valence-corrected chi connectivity index (χ3v) is 5.55. The van der Waals surface area contributed by atoms with Gasteiger partial charge in [-0.25, -0.2) is 4.79 Å². The Balaban J connectivity index is 2.02. The lowest BCUT2D eigenvalue weighted by Gasteiger charge is -2.33. The minimum atomic E-state index is -0.408. The highest BCUT2D eigenvalue weighted by molar-refractivity contribution is 5.78. The highest BCUT2D eigenvalue weighted by atomic mass is 16.5. The van der Waals surface area contributed by atoms with E-state index < -0.39 is 5.69 Å². The molecule has 0 unspecified atom stereocenters. The smallest absolute Gasteiger partial charge is 0.332 e. The van der Waals surface area contributed by atoms with Gasteiger partial charge in [0.25, 0.3) is 5.56 Å². The summed E-state index contributed by atoms with van der Waals surface area (Å²) in [6.45, 7) is 9.23. The molecule has 164 valence electrons. The van der Waals surface area contributed by atoms with Crippen molar-refractivity contribution in [3.05, 3.63) is 51.2 Å². The highest BCUT2D eigenvalue weighted by Gasteiger charge is 2.31. The normalized spacial score (nSPS) is 15.8. The number of hydrogen-bond acceptors (Lipinski definition) is 6. The molecule has 1 aliphatic rings. The van der Waals surface area contributed by atoms with Crippen LogP contribution in [0.3, 0.4) is 0 Å². The van der Waals surface area contributed by atoms with Gasteiger partial charge < -0.3 is 18.9 Å². The topological polar surface area (TPSA) is 83.5 Å². The first-order valence-corrected chi connectivity index (χ1v) is 10.1. The van der Waals surface area contributed by atoms with Crippen molar-refractivity contribution in [2.24, 2.45) is 13.0 Å². The van der Waals surface area contributed by atoms with E-state index in [1.807, 2.05) is 27.7 Å². The Hall–Kier alpha value is -3.49. The minimum Gasteiger partial charge on any atom is -0.497 e. The zero-order valence-corrected chi connectivity index (χ0v) is 18.5. The largest absolute Gasteiger partial charge is 0.497 e. The summed E-state index contributed by atoms with van der Waals surface area (Å²) >= 11 is 0. The number of benzene rings is 1. The number of aryl methyl sites for hydroxylation is 1. The second kappa shape index (κ2) is 7.64. The van der Waals surface area contributed by atoms with Crippen LogP contribution in [0.2, 0.25) is 0 Å². The molecular formula is C22H27N5O4. The van der Waals surface area contributed by atoms with Crippen LogP contribution in [-0.4, -0.2) is 39.4 Å². The van der Waals surface area contributed by atoms with Crippen LogP contribution < -0.4 is 25.6 Å². The maximum absolute atomic E-state index is 13.3. The van der Waals surface area contributed by atoms with Crippen LogP contribution in [0, 0.1) is 5.92 Å². The lowest BCUT2D eigenvalue weighted by atomic mass is 10.1. The number of anilines is 2. The van der Waals surface area contributed by atoms with Crippen LogP contribution in [0.4, 0.5) is 11.6 Å². The fraction of sp³-hybridized carbons (Fsp3) is 0.409. The number of imidazole rings is 1. The standard InChI is InChI=1S/C22H27N5O4/c1-13(2)10-27-20(28)18-19(24(4)22(27)29)23-21-25(11-14(3)12-26(18)21)16-9-15(30-5)7-8-17(16)31-6/h7-9,14H,1,10-12H2,2-6H3/t14-/m1/s1. The van der Waals surface area contributed by atoms with Crippen molar-refractivity contribution in [3.63, 3.8) is 0 Å². The Morgan fingerprint density at radius 1 is 1.23 bits per heavy atom. The van der Waals surface area contributed by atoms with E-state index in [1.165, 1.54) is 9.13 Å². The number of methoxy groups -OCH3 is 2. The van der Waals surface area contributed by atoms with Crippen molar-refractivity contribution in [1.29, 1.82) is 0 Å². The number of allylic oxidation sites excluding steroid dienone is 1. The minimum absolute atomic E-state index is 0.172. The van der Waals surface area contributed by atoms with E-state index in [4.69, 9.17) is 14.5 Å². The van der Waals surface area contributed by atoms with Crippen molar-refractivity contribution in [2.45, 2.75) is 26.9 Å². The summed E-state index contributed by atoms with van der Waals surface area (Å²) in [6.07, 6.45) is 0. The van der Waals surface area contributed by atoms with Gasteiger partial charge in [0.15, 0.2) is 11.2 Å². The molecule has 0 spiro atoms. The van der Waals surface area contributed by atoms with Gasteiger partial charge in [-0.3, -0.25) is 13.9 Å². The van der Waals surface area contributed by atoms with Crippen LogP contribution in [0.15, 0.2) is 39.9 Å². The number of nitrogens with zero attached hydrogens (tertiary/aromatic N) is 5. The summed E-state index contributed by atoms with van der Waals surface area (Å²) in [5.41, 5.74) is 1.53. The first kappa shape index (κ1) is 20.8. The zero-order valence-electron chi connectivity index (χ0n) is 18.5. The van der Waals surface area contributed by atoms with Crippen molar-refractivity contribution in [1.82, 2.24) is 18.7 Å². The van der Waals surface area contributed by atoms with Crippen LogP contribution in [0.25, 0.3) is 11.2 Å². The van der Waals surface area contributed by atoms with Gasteiger partial charge in [0, 0.05) is 26.2 Å². The van der Waals surface area contributed by atoms with E-state index in [-0.39, 0.29) is 18.0 Å². The number of aromatic nitrogens is 4. The Labute approximate surface area is 179 Å². The zero-order chi connectivity index (χ0) is 22.4. The molecule has 0 amide bonds. The molecule has 0 saturated carbocycles. The van der Waals surface area contributed by atoms with Crippen LogP contribution in [-0.2, 0) is 20.1 Å². The molecule has 2 aromatic heterocycles. The number of fused-ring (bicyclic) bond motifs is 3. The molecule has 1 atom stereocenters. The van der Waals surface area contributed by atoms with Crippen molar-refractivity contribution >= 4 is 22.8 Å². The lowest BCUT2D eigenvalue weighted by molar-refractivity contribution is 0.399. The summed E-state index contributed by atoms with van der Waals surface area (Å²) in [5.74, 6) is 2.18. The Kier molecular flexibility index (Phi) is 5.12. The van der Waals surface area contributed by atoms with Gasteiger partial charge in [-0.15, -0.1) is 0 Å². The number of rotatable bonds is 5. The Morgan fingerprint density at radius 3 is 2.61 bits per heavy atom. The molecule has 0 bridgehead atoms. The van der Waals surface area contributed by atoms with E-state index in [0.717, 1.165) is 11.3 Å². The van der Waals surface area contributed by atoms with Crippen LogP contribution >= 0.6 is 0 Å². The second-order valence-electron chi connectivity index (χ2n) is 8.14. The first-order chi connectivity index (χ1) is 14.8. The van der Waals surface area contributed by atoms with Gasteiger partial charge in [-0.05, 0) is 25.0 Å². The Morgan fingerprint density at radius 2 is 1.97 bits per heavy atom. The molecule has 1 aliphatic heterocycles. The van der Waals surface area contributed by atoms with Crippen molar-refractivity contribution in [3.8, 4) is 11.5 Å². The maximum Gasteiger partial charge on any atom is 0.332 e. The average Bonchev–Trinajstić information content (AvgIpc) is 3.13. The predicted octanol–water partition coefficient (Wildman–Crippen LogP) is 2.28. The molecule has 0 aliphatic carbocycles. The molecule has 0 fully saturated rings. The van der Waals surface area contributed by atoms with Gasteiger partial charge in [-0.1, -0.05) is 19.1 Å². The van der Waals surface area contributed by atoms with Crippen LogP contribution in [0.1, 0.15) is 13.8 Å². The quantitative estimate of drug-likeness (QED) is 0.583. The summed E-state index contributed by atoms with van der Waals surface area (Å²) < 4.78 is 15.5. The lowest BCUT2D eigenvalue weighted by Crippen LogP contribution is -2.40. The van der Waals surface area contributed by atoms with E-state index >= 15 is 0 Å². The summed E-state index contributed by atoms with van der Waals surface area (Å²) in [6, 6.07) is 5.56. The fourth-order valence-electron chi connectivity index (χ4n) is 4.12. The summed E-state index contributed by atoms with van der Waals surface area (Å²) in [7, 11) is 4.86. The molecule has 0 N–H and O–H groups in total. The molecule has 31 heavy (non-hydrogen) atoms. The first-order valence-electron chi connectivity index (χ1n) is 10.1. The van der Waals surface area contributed by atoms with Gasteiger partial charge in [0.05, 0.1) is 26.5 Å². The van der Waals surface area contributed by atoms with E-state index in [9.17, 15) is 9.59 Å². The SMILES string of the molecule is C=C(C)Cn1c(=O)c2c(nc3n2C[C@H](C)CN3c2cc(OC)ccc2OC)n(C)c1=O. The average molecular weight is 425 g/mol. The van der Waals surface area contributed by atoms with Gasteiger partial charge in [-0.2, -0.15) is 4.98 Å². The molecule has 4 rings (SSSR count). The molecule has 3 aromatic rings. The molecule has 1 aromatic carbocycles. The molecular weight excluding hydrogens is 398 g/mol. The molecule has 9 nitrogen and oxygen atoms in total. The summed E-state index contributed by atoms with van der Waals surface area (Å²) in [5, 5.41) is 0. The fourth-order valence-corrected chi connectivity index (χ4v) is 4.12. The third-order valence-electron chi connectivity index (χ3n) is 5.55. The Bertz CT molecular complexity index is 1300. The molecule has 0 saturated heterocycles. The molecule has 9 heteroatoms. The third kappa shape index (κ3) is 3.30. The molecule has 3 heterocycles. The number of hydrogen-bond donors (Lipinski definition) is 0. The van der Waals surface area contributed by atoms with Crippen molar-refractivity contribution in [2.75, 3.05) is 25.7 Å². The monoisotopic (exact) mass is 425 g/mol. The highest BCUT2D eigenvalue weighted by Crippen LogP contribution is 2.39. The van der Waals surface area contributed by atoms with Gasteiger partial charge in [0.2, 0.25) is 5.95 Å². The number of ether oxygens (including phenoxy) is 2. The van der Waals surface area contributed by atoms with Gasteiger partial charge in [0.1, 0.15) is 11.5 Å². The second-order valence-corrected chi connectivity index (χ2v) is 8.14. The van der Waals surface area contributed by atoms with E-state index in [2.05, 4.69) is 13.5 Å². The van der Waals surface area contributed by atoms with Crippen LogP contribution in [0.5, 0.6) is 11.5 Å². The van der Waals surface area contributed by atoms with E-state index in [1.54, 1.807) is 28.2 Å². The van der Waals surface area contributed by atoms with Gasteiger partial charge >= 0.3 is 5.69 Å². The molecule has 0 radical (unpaired) electrons. The maximum atomic E-state index is 13.3. The summed E-state index contributed by atoms with van der Waals surface area (Å²) in [4.78, 5) is 32.9. The van der Waals surface area contributed by atoms with E-state index in [0.29, 0.717) is 41.7 Å². The predicted molar refractivity (Wildman–Crippen MR) is 120 cm³/mol.